The molecule has 0 atom stereocenters. The molecule has 0 aliphatic carbocycles. The summed E-state index contributed by atoms with van der Waals surface area (Å²) >= 11 is 0. The standard InChI is InChI=1S/C26H31NO5/c1-2-31-26(30)24-23-20(9-6-14-27-15-12-18(17-28)13-16-27)21(29)10-11-22(23)32-25(24)19-7-4-3-5-8-19/h3-5,7-8,10-11,18,28-29H,2,6,9,12-17H2,1H3. The molecule has 2 N–H and O–H groups in total. The second-order valence-corrected chi connectivity index (χ2v) is 8.40. The van der Waals surface area contributed by atoms with Crippen molar-refractivity contribution in [3.8, 4) is 17.1 Å². The molecule has 0 saturated carbocycles. The van der Waals surface area contributed by atoms with Gasteiger partial charge in [-0.3, -0.25) is 0 Å². The fourth-order valence-corrected chi connectivity index (χ4v) is 4.56. The molecule has 1 aromatic heterocycles. The molecule has 1 aliphatic heterocycles. The summed E-state index contributed by atoms with van der Waals surface area (Å²) < 4.78 is 11.5. The summed E-state index contributed by atoms with van der Waals surface area (Å²) in [6, 6.07) is 12.9. The van der Waals surface area contributed by atoms with E-state index in [1.807, 2.05) is 30.3 Å². The predicted molar refractivity (Wildman–Crippen MR) is 124 cm³/mol. The normalized spacial score (nSPS) is 15.3. The molecule has 0 spiro atoms. The minimum Gasteiger partial charge on any atom is -0.508 e. The molecule has 0 bridgehead atoms. The molecule has 0 unspecified atom stereocenters. The Morgan fingerprint density at radius 3 is 2.59 bits per heavy atom. The van der Waals surface area contributed by atoms with Crippen molar-refractivity contribution in [1.29, 1.82) is 0 Å². The molecule has 170 valence electrons. The minimum absolute atomic E-state index is 0.169. The Morgan fingerprint density at radius 1 is 1.16 bits per heavy atom. The number of carbonyl (C=O) groups excluding carboxylic acids is 1. The van der Waals surface area contributed by atoms with Crippen LogP contribution in [0.2, 0.25) is 0 Å². The van der Waals surface area contributed by atoms with Gasteiger partial charge < -0.3 is 24.3 Å². The van der Waals surface area contributed by atoms with Crippen LogP contribution in [0.25, 0.3) is 22.3 Å². The minimum atomic E-state index is -0.442. The van der Waals surface area contributed by atoms with E-state index in [1.54, 1.807) is 19.1 Å². The number of aliphatic hydroxyl groups is 1. The number of piperidine rings is 1. The molecule has 32 heavy (non-hydrogen) atoms. The van der Waals surface area contributed by atoms with Crippen LogP contribution in [0.1, 0.15) is 42.1 Å². The molecular weight excluding hydrogens is 406 g/mol. The summed E-state index contributed by atoms with van der Waals surface area (Å²) in [6.07, 6.45) is 3.52. The zero-order valence-electron chi connectivity index (χ0n) is 18.5. The highest BCUT2D eigenvalue weighted by molar-refractivity contribution is 6.10. The number of fused-ring (bicyclic) bond motifs is 1. The third kappa shape index (κ3) is 4.66. The fourth-order valence-electron chi connectivity index (χ4n) is 4.56. The zero-order valence-corrected chi connectivity index (χ0v) is 18.5. The SMILES string of the molecule is CCOC(=O)c1c(-c2ccccc2)oc2ccc(O)c(CCCN3CCC(CO)CC3)c12. The van der Waals surface area contributed by atoms with Crippen LogP contribution in [0.5, 0.6) is 5.75 Å². The maximum atomic E-state index is 13.0. The summed E-state index contributed by atoms with van der Waals surface area (Å²) in [5, 5.41) is 20.7. The number of phenolic OH excluding ortho intramolecular Hbond substituents is 1. The first-order valence-corrected chi connectivity index (χ1v) is 11.5. The molecule has 1 saturated heterocycles. The molecule has 0 radical (unpaired) electrons. The van der Waals surface area contributed by atoms with Gasteiger partial charge in [0.15, 0.2) is 0 Å². The number of esters is 1. The van der Waals surface area contributed by atoms with Gasteiger partial charge in [-0.2, -0.15) is 0 Å². The third-order valence-electron chi connectivity index (χ3n) is 6.32. The number of phenols is 1. The topological polar surface area (TPSA) is 83.1 Å². The largest absolute Gasteiger partial charge is 0.508 e. The van der Waals surface area contributed by atoms with E-state index in [-0.39, 0.29) is 19.0 Å². The van der Waals surface area contributed by atoms with E-state index in [0.29, 0.717) is 34.6 Å². The van der Waals surface area contributed by atoms with Crippen molar-refractivity contribution in [2.24, 2.45) is 5.92 Å². The Morgan fingerprint density at radius 2 is 1.91 bits per heavy atom. The van der Waals surface area contributed by atoms with Crippen LogP contribution in [0.15, 0.2) is 46.9 Å². The van der Waals surface area contributed by atoms with E-state index in [2.05, 4.69) is 4.90 Å². The quantitative estimate of drug-likeness (QED) is 0.501. The highest BCUT2D eigenvalue weighted by atomic mass is 16.5. The van der Waals surface area contributed by atoms with Crippen molar-refractivity contribution in [2.45, 2.75) is 32.6 Å². The molecule has 1 fully saturated rings. The first-order chi connectivity index (χ1) is 15.6. The van der Waals surface area contributed by atoms with Crippen molar-refractivity contribution in [1.82, 2.24) is 4.90 Å². The van der Waals surface area contributed by atoms with Gasteiger partial charge in [-0.25, -0.2) is 4.79 Å². The van der Waals surface area contributed by atoms with Gasteiger partial charge in [-0.05, 0) is 70.3 Å². The highest BCUT2D eigenvalue weighted by Gasteiger charge is 2.27. The van der Waals surface area contributed by atoms with Crippen LogP contribution in [-0.4, -0.2) is 53.9 Å². The number of likely N-dealkylation sites (tertiary alicyclic amines) is 1. The number of furan rings is 1. The number of benzene rings is 2. The lowest BCUT2D eigenvalue weighted by Gasteiger charge is -2.31. The van der Waals surface area contributed by atoms with E-state index in [4.69, 9.17) is 9.15 Å². The monoisotopic (exact) mass is 437 g/mol. The van der Waals surface area contributed by atoms with E-state index in [0.717, 1.165) is 50.0 Å². The number of nitrogens with zero attached hydrogens (tertiary/aromatic N) is 1. The lowest BCUT2D eigenvalue weighted by atomic mass is 9.96. The summed E-state index contributed by atoms with van der Waals surface area (Å²) in [5.74, 6) is 0.612. The Labute approximate surface area is 188 Å². The van der Waals surface area contributed by atoms with Gasteiger partial charge in [-0.1, -0.05) is 30.3 Å². The first kappa shape index (κ1) is 22.4. The Bertz CT molecular complexity index is 1050. The van der Waals surface area contributed by atoms with E-state index in [1.165, 1.54) is 0 Å². The van der Waals surface area contributed by atoms with Crippen LogP contribution in [0.4, 0.5) is 0 Å². The fraction of sp³-hybridized carbons (Fsp3) is 0.423. The summed E-state index contributed by atoms with van der Waals surface area (Å²) in [7, 11) is 0. The molecule has 2 heterocycles. The van der Waals surface area contributed by atoms with Crippen LogP contribution >= 0.6 is 0 Å². The van der Waals surface area contributed by atoms with Gasteiger partial charge in [0, 0.05) is 23.1 Å². The van der Waals surface area contributed by atoms with E-state index < -0.39 is 5.97 Å². The maximum absolute atomic E-state index is 13.0. The van der Waals surface area contributed by atoms with E-state index >= 15 is 0 Å². The van der Waals surface area contributed by atoms with Gasteiger partial charge in [0.05, 0.1) is 6.61 Å². The second-order valence-electron chi connectivity index (χ2n) is 8.40. The Balaban J connectivity index is 1.64. The number of hydrogen-bond acceptors (Lipinski definition) is 6. The molecular formula is C26H31NO5. The van der Waals surface area contributed by atoms with Crippen LogP contribution in [0.3, 0.4) is 0 Å². The van der Waals surface area contributed by atoms with Gasteiger partial charge in [0.25, 0.3) is 0 Å². The van der Waals surface area contributed by atoms with E-state index in [9.17, 15) is 15.0 Å². The third-order valence-corrected chi connectivity index (χ3v) is 6.32. The first-order valence-electron chi connectivity index (χ1n) is 11.5. The van der Waals surface area contributed by atoms with Crippen LogP contribution in [0, 0.1) is 5.92 Å². The highest BCUT2D eigenvalue weighted by Crippen LogP contribution is 2.39. The number of aryl methyl sites for hydroxylation is 1. The molecule has 2 aromatic carbocycles. The molecule has 6 nitrogen and oxygen atoms in total. The molecule has 4 rings (SSSR count). The predicted octanol–water partition coefficient (Wildman–Crippen LogP) is 4.62. The summed E-state index contributed by atoms with van der Waals surface area (Å²) in [6.45, 7) is 5.19. The number of carbonyl (C=O) groups is 1. The number of aromatic hydroxyl groups is 1. The average Bonchev–Trinajstić information content (AvgIpc) is 3.21. The Kier molecular flexibility index (Phi) is 7.12. The zero-order chi connectivity index (χ0) is 22.5. The average molecular weight is 438 g/mol. The van der Waals surface area contributed by atoms with Crippen molar-refractivity contribution >= 4 is 16.9 Å². The van der Waals surface area contributed by atoms with Crippen molar-refractivity contribution < 1.29 is 24.2 Å². The molecule has 1 aliphatic rings. The van der Waals surface area contributed by atoms with Crippen LogP contribution < -0.4 is 0 Å². The number of rotatable bonds is 8. The summed E-state index contributed by atoms with van der Waals surface area (Å²) in [4.78, 5) is 15.4. The molecule has 0 amide bonds. The summed E-state index contributed by atoms with van der Waals surface area (Å²) in [5.41, 5.74) is 2.47. The molecule has 3 aromatic rings. The van der Waals surface area contributed by atoms with Crippen molar-refractivity contribution in [3.63, 3.8) is 0 Å². The van der Waals surface area contributed by atoms with Gasteiger partial charge >= 0.3 is 5.97 Å². The molecule has 6 heteroatoms. The number of ether oxygens (including phenoxy) is 1. The lowest BCUT2D eigenvalue weighted by Crippen LogP contribution is -2.35. The van der Waals surface area contributed by atoms with Crippen LogP contribution in [-0.2, 0) is 11.2 Å². The van der Waals surface area contributed by atoms with Gasteiger partial charge in [-0.15, -0.1) is 0 Å². The lowest BCUT2D eigenvalue weighted by molar-refractivity contribution is 0.0528. The Hall–Kier alpha value is -2.83. The second kappa shape index (κ2) is 10.2. The maximum Gasteiger partial charge on any atom is 0.342 e. The van der Waals surface area contributed by atoms with Crippen molar-refractivity contribution in [2.75, 3.05) is 32.8 Å². The van der Waals surface area contributed by atoms with Gasteiger partial charge in [0.1, 0.15) is 22.7 Å². The number of aliphatic hydroxyl groups excluding tert-OH is 1. The van der Waals surface area contributed by atoms with Crippen molar-refractivity contribution in [3.05, 3.63) is 53.6 Å². The smallest absolute Gasteiger partial charge is 0.342 e. The number of hydrogen-bond donors (Lipinski definition) is 2. The van der Waals surface area contributed by atoms with Gasteiger partial charge in [0.2, 0.25) is 0 Å².